The van der Waals surface area contributed by atoms with Gasteiger partial charge in [0.15, 0.2) is 5.78 Å². The monoisotopic (exact) mass is 300 g/mol. The van der Waals surface area contributed by atoms with Crippen molar-refractivity contribution in [2.45, 2.75) is 52.1 Å². The summed E-state index contributed by atoms with van der Waals surface area (Å²) in [5.74, 6) is 1.28. The Kier molecular flexibility index (Phi) is 2.88. The minimum Gasteiger partial charge on any atom is -0.392 e. The Morgan fingerprint density at radius 1 is 1.23 bits per heavy atom. The van der Waals surface area contributed by atoms with E-state index in [1.165, 1.54) is 5.57 Å². The molecule has 0 aromatic heterocycles. The maximum atomic E-state index is 12.4. The number of hydrogen-bond donors (Lipinski definition) is 1. The molecule has 0 aromatic rings. The topological polar surface area (TPSA) is 54.4 Å². The van der Waals surface area contributed by atoms with Crippen LogP contribution in [0.1, 0.15) is 46.0 Å². The van der Waals surface area contributed by atoms with Gasteiger partial charge in [0.1, 0.15) is 5.78 Å². The zero-order valence-electron chi connectivity index (χ0n) is 13.3. The zero-order chi connectivity index (χ0) is 15.7. The number of aliphatic hydroxyl groups is 1. The van der Waals surface area contributed by atoms with Crippen molar-refractivity contribution in [1.29, 1.82) is 0 Å². The molecule has 0 aliphatic heterocycles. The van der Waals surface area contributed by atoms with Crippen molar-refractivity contribution in [3.8, 4) is 0 Å². The molecule has 4 aliphatic rings. The fourth-order valence-corrected chi connectivity index (χ4v) is 6.03. The van der Waals surface area contributed by atoms with Crippen molar-refractivity contribution in [3.05, 3.63) is 23.8 Å². The third-order valence-electron chi connectivity index (χ3n) is 7.25. The highest BCUT2D eigenvalue weighted by atomic mass is 16.3. The van der Waals surface area contributed by atoms with E-state index in [9.17, 15) is 14.7 Å². The molecule has 118 valence electrons. The van der Waals surface area contributed by atoms with Gasteiger partial charge in [0.2, 0.25) is 0 Å². The molecule has 0 saturated heterocycles. The van der Waals surface area contributed by atoms with Crippen molar-refractivity contribution in [3.63, 3.8) is 0 Å². The second-order valence-corrected chi connectivity index (χ2v) is 8.17. The predicted molar refractivity (Wildman–Crippen MR) is 83.0 cm³/mol. The van der Waals surface area contributed by atoms with Gasteiger partial charge in [-0.2, -0.15) is 0 Å². The van der Waals surface area contributed by atoms with E-state index < -0.39 is 6.10 Å². The van der Waals surface area contributed by atoms with Crippen LogP contribution in [0.25, 0.3) is 0 Å². The molecule has 3 nitrogen and oxygen atoms in total. The first-order valence-electron chi connectivity index (χ1n) is 8.52. The number of Topliss-reactive ketones (excluding diaryl/α,β-unsaturated/α-hetero) is 1. The van der Waals surface area contributed by atoms with Gasteiger partial charge >= 0.3 is 0 Å². The highest BCUT2D eigenvalue weighted by molar-refractivity contribution is 6.01. The molecule has 0 heterocycles. The third kappa shape index (κ3) is 1.66. The number of ketones is 2. The summed E-state index contributed by atoms with van der Waals surface area (Å²) in [4.78, 5) is 24.1. The minimum absolute atomic E-state index is 0.0660. The Morgan fingerprint density at radius 2 is 2.00 bits per heavy atom. The molecule has 3 saturated carbocycles. The van der Waals surface area contributed by atoms with Crippen LogP contribution in [0.15, 0.2) is 23.8 Å². The van der Waals surface area contributed by atoms with Gasteiger partial charge in [-0.25, -0.2) is 0 Å². The summed E-state index contributed by atoms with van der Waals surface area (Å²) in [6, 6.07) is 0. The Balaban J connectivity index is 1.74. The Morgan fingerprint density at radius 3 is 2.77 bits per heavy atom. The summed E-state index contributed by atoms with van der Waals surface area (Å²) in [7, 11) is 0. The van der Waals surface area contributed by atoms with E-state index in [1.54, 1.807) is 6.08 Å². The van der Waals surface area contributed by atoms with Crippen LogP contribution in [0.5, 0.6) is 0 Å². The van der Waals surface area contributed by atoms with Crippen LogP contribution in [-0.4, -0.2) is 22.8 Å². The summed E-state index contributed by atoms with van der Waals surface area (Å²) in [5.41, 5.74) is 0.860. The lowest BCUT2D eigenvalue weighted by molar-refractivity contribution is -0.132. The number of allylic oxidation sites excluding steroid dienone is 4. The molecule has 0 bridgehead atoms. The predicted octanol–water partition coefficient (Wildman–Crippen LogP) is 2.83. The van der Waals surface area contributed by atoms with Crippen LogP contribution in [0.4, 0.5) is 0 Å². The van der Waals surface area contributed by atoms with Crippen LogP contribution in [0, 0.1) is 28.6 Å². The average Bonchev–Trinajstić information content (AvgIpc) is 2.70. The van der Waals surface area contributed by atoms with E-state index in [0.29, 0.717) is 18.3 Å². The quantitative estimate of drug-likeness (QED) is 0.748. The van der Waals surface area contributed by atoms with Crippen LogP contribution >= 0.6 is 0 Å². The lowest BCUT2D eigenvalue weighted by atomic mass is 9.48. The molecule has 22 heavy (non-hydrogen) atoms. The number of hydrogen-bond acceptors (Lipinski definition) is 3. The molecule has 6 atom stereocenters. The van der Waals surface area contributed by atoms with Crippen LogP contribution in [0.3, 0.4) is 0 Å². The fraction of sp³-hybridized carbons (Fsp3) is 0.684. The lowest BCUT2D eigenvalue weighted by Gasteiger charge is -2.55. The van der Waals surface area contributed by atoms with Gasteiger partial charge in [0.25, 0.3) is 0 Å². The van der Waals surface area contributed by atoms with Gasteiger partial charge in [0, 0.05) is 23.2 Å². The van der Waals surface area contributed by atoms with E-state index in [0.717, 1.165) is 25.7 Å². The molecule has 1 N–H and O–H groups in total. The molecule has 4 rings (SSSR count). The second-order valence-electron chi connectivity index (χ2n) is 8.17. The maximum Gasteiger partial charge on any atom is 0.178 e. The number of carbonyl (C=O) groups is 2. The molecular formula is C19H24O3. The van der Waals surface area contributed by atoms with Crippen molar-refractivity contribution >= 4 is 11.6 Å². The first-order chi connectivity index (χ1) is 10.4. The SMILES string of the molecule is C[C@]12C=CC(=O)C=C1CC[C@H]1[C@@H]3[C@H](O)CC(=O)[C@@]3(C)CC[C@@H]12. The Hall–Kier alpha value is -1.22. The van der Waals surface area contributed by atoms with Gasteiger partial charge in [0.05, 0.1) is 6.10 Å². The zero-order valence-corrected chi connectivity index (χ0v) is 13.3. The van der Waals surface area contributed by atoms with Gasteiger partial charge in [-0.1, -0.05) is 25.5 Å². The van der Waals surface area contributed by atoms with Gasteiger partial charge in [-0.05, 0) is 49.7 Å². The number of aliphatic hydroxyl groups excluding tert-OH is 1. The molecule has 3 heteroatoms. The van der Waals surface area contributed by atoms with Crippen molar-refractivity contribution in [2.24, 2.45) is 28.6 Å². The van der Waals surface area contributed by atoms with E-state index in [1.807, 2.05) is 6.08 Å². The number of carbonyl (C=O) groups excluding carboxylic acids is 2. The minimum atomic E-state index is -0.478. The first kappa shape index (κ1) is 14.4. The molecule has 3 fully saturated rings. The standard InChI is InChI=1S/C19H24O3/c1-18-7-5-12(20)9-11(18)3-4-13-14(18)6-8-19(2)16(22)10-15(21)17(13)19/h5,7,9,13-15,17,21H,3-4,6,8,10H2,1-2H3/t13-,14+,15-,17-,18+,19-/m1/s1. The lowest BCUT2D eigenvalue weighted by Crippen LogP contribution is -2.51. The van der Waals surface area contributed by atoms with E-state index in [2.05, 4.69) is 19.9 Å². The van der Waals surface area contributed by atoms with Crippen molar-refractivity contribution in [1.82, 2.24) is 0 Å². The molecule has 0 amide bonds. The summed E-state index contributed by atoms with van der Waals surface area (Å²) < 4.78 is 0. The summed E-state index contributed by atoms with van der Waals surface area (Å²) in [6.07, 6.45) is 9.27. The fourth-order valence-electron chi connectivity index (χ4n) is 6.03. The molecular weight excluding hydrogens is 276 g/mol. The maximum absolute atomic E-state index is 12.4. The van der Waals surface area contributed by atoms with Crippen molar-refractivity contribution in [2.75, 3.05) is 0 Å². The Bertz CT molecular complexity index is 616. The largest absolute Gasteiger partial charge is 0.392 e. The number of fused-ring (bicyclic) bond motifs is 5. The summed E-state index contributed by atoms with van der Waals surface area (Å²) >= 11 is 0. The van der Waals surface area contributed by atoms with Crippen LogP contribution in [0.2, 0.25) is 0 Å². The summed E-state index contributed by atoms with van der Waals surface area (Å²) in [5, 5.41) is 10.5. The highest BCUT2D eigenvalue weighted by Crippen LogP contribution is 2.63. The molecule has 0 spiro atoms. The Labute approximate surface area is 131 Å². The number of rotatable bonds is 0. The molecule has 4 aliphatic carbocycles. The summed E-state index contributed by atoms with van der Waals surface area (Å²) in [6.45, 7) is 4.31. The van der Waals surface area contributed by atoms with Crippen LogP contribution in [-0.2, 0) is 9.59 Å². The highest BCUT2D eigenvalue weighted by Gasteiger charge is 2.61. The molecule has 0 unspecified atom stereocenters. The third-order valence-corrected chi connectivity index (χ3v) is 7.25. The van der Waals surface area contributed by atoms with Gasteiger partial charge in [-0.15, -0.1) is 0 Å². The second kappa shape index (κ2) is 4.41. The normalized spacial score (nSPS) is 50.2. The van der Waals surface area contributed by atoms with E-state index in [-0.39, 0.29) is 28.3 Å². The van der Waals surface area contributed by atoms with Crippen LogP contribution < -0.4 is 0 Å². The first-order valence-corrected chi connectivity index (χ1v) is 8.52. The van der Waals surface area contributed by atoms with Gasteiger partial charge < -0.3 is 5.11 Å². The van der Waals surface area contributed by atoms with Gasteiger partial charge in [-0.3, -0.25) is 9.59 Å². The van der Waals surface area contributed by atoms with E-state index >= 15 is 0 Å². The average molecular weight is 300 g/mol. The molecule has 0 radical (unpaired) electrons. The van der Waals surface area contributed by atoms with Crippen molar-refractivity contribution < 1.29 is 14.7 Å². The molecule has 0 aromatic carbocycles. The van der Waals surface area contributed by atoms with E-state index in [4.69, 9.17) is 0 Å². The smallest absolute Gasteiger partial charge is 0.178 e.